The lowest BCUT2D eigenvalue weighted by Crippen LogP contribution is -2.63. The van der Waals surface area contributed by atoms with Crippen molar-refractivity contribution in [2.24, 2.45) is 11.1 Å². The van der Waals surface area contributed by atoms with Crippen LogP contribution in [0, 0.1) is 5.92 Å². The lowest BCUT2D eigenvalue weighted by molar-refractivity contribution is -0.159. The molecule has 2 aliphatic heterocycles. The molecule has 1 amide bonds. The molecule has 3 heterocycles. The molecule has 9 nitrogen and oxygen atoms in total. The Kier molecular flexibility index (Phi) is 6.73. The number of carboxylic acid groups (broad SMARTS) is 1. The quantitative estimate of drug-likeness (QED) is 0.214. The molecule has 4 rings (SSSR count). The third-order valence-electron chi connectivity index (χ3n) is 5.58. The Bertz CT molecular complexity index is 1180. The molecule has 4 N–H and O–H groups in total. The number of ketones is 1. The van der Waals surface area contributed by atoms with E-state index in [2.05, 4.69) is 10.1 Å². The average molecular weight is 507 g/mol. The molecule has 0 radical (unpaired) electrons. The Balaban J connectivity index is 1.49. The van der Waals surface area contributed by atoms with Crippen molar-refractivity contribution >= 4 is 63.2 Å². The highest BCUT2D eigenvalue weighted by Crippen LogP contribution is 2.45. The van der Waals surface area contributed by atoms with Crippen molar-refractivity contribution in [2.45, 2.75) is 31.1 Å². The van der Waals surface area contributed by atoms with Gasteiger partial charge in [-0.2, -0.15) is 0 Å². The zero-order valence-electron chi connectivity index (χ0n) is 17.1. The predicted octanol–water partition coefficient (Wildman–Crippen LogP) is 3.37. The fourth-order valence-corrected chi connectivity index (χ4v) is 6.11. The van der Waals surface area contributed by atoms with Crippen LogP contribution >= 0.6 is 34.7 Å². The molecule has 2 unspecified atom stereocenters. The average Bonchev–Trinajstić information content (AvgIpc) is 3.13. The van der Waals surface area contributed by atoms with Crippen LogP contribution < -0.4 is 5.73 Å². The number of carboxylic acids is 1. The molecular weight excluding hydrogens is 488 g/mol. The van der Waals surface area contributed by atoms with Gasteiger partial charge in [0.1, 0.15) is 15.7 Å². The maximum Gasteiger partial charge on any atom is 0.353 e. The van der Waals surface area contributed by atoms with E-state index >= 15 is 0 Å². The topological polar surface area (TPSA) is 146 Å². The number of carbonyl (C=O) groups is 3. The number of nitrogen functional groups attached to an aromatic ring is 1. The molecule has 2 aromatic rings. The van der Waals surface area contributed by atoms with Gasteiger partial charge in [-0.1, -0.05) is 58.4 Å². The van der Waals surface area contributed by atoms with Crippen molar-refractivity contribution in [2.75, 3.05) is 5.73 Å². The van der Waals surface area contributed by atoms with E-state index in [1.54, 1.807) is 0 Å². The van der Waals surface area contributed by atoms with E-state index in [4.69, 9.17) is 17.3 Å². The molecule has 0 saturated carbocycles. The highest BCUT2D eigenvalue weighted by molar-refractivity contribution is 8.02. The van der Waals surface area contributed by atoms with Crippen molar-refractivity contribution in [3.05, 3.63) is 56.5 Å². The summed E-state index contributed by atoms with van der Waals surface area (Å²) in [5, 5.41) is 22.3. The first-order chi connectivity index (χ1) is 15.8. The van der Waals surface area contributed by atoms with E-state index in [0.717, 1.165) is 16.9 Å². The van der Waals surface area contributed by atoms with Gasteiger partial charge >= 0.3 is 5.97 Å². The summed E-state index contributed by atoms with van der Waals surface area (Å²) < 4.78 is 0.101. The standard InChI is InChI=1S/C21H19ClN4O5S2/c22-18-16(24-21(23)33-18)15(25-31)13(27)8-11-12-6-7-14(17(20(29)30)26(12)19(11)28)32-9-10-4-2-1-3-5-10/h1-5,11-12,31H,6-9H2,(H2,23,24)(H,29,30)/b25-15+. The van der Waals surface area contributed by atoms with Crippen molar-refractivity contribution < 1.29 is 24.7 Å². The summed E-state index contributed by atoms with van der Waals surface area (Å²) >= 11 is 8.35. The minimum Gasteiger partial charge on any atom is -0.477 e. The summed E-state index contributed by atoms with van der Waals surface area (Å²) in [6.07, 6.45) is 0.786. The Morgan fingerprint density at radius 3 is 2.67 bits per heavy atom. The molecule has 0 spiro atoms. The predicted molar refractivity (Wildman–Crippen MR) is 125 cm³/mol. The number of oxime groups is 1. The Labute approximate surface area is 201 Å². The minimum atomic E-state index is -1.17. The number of aliphatic carboxylic acids is 1. The van der Waals surface area contributed by atoms with Crippen molar-refractivity contribution in [1.82, 2.24) is 9.88 Å². The summed E-state index contributed by atoms with van der Waals surface area (Å²) in [5.74, 6) is -2.35. The molecular formula is C21H19ClN4O5S2. The number of benzene rings is 1. The number of nitrogens with two attached hydrogens (primary N) is 1. The van der Waals surface area contributed by atoms with Crippen LogP contribution in [0.15, 0.2) is 46.1 Å². The number of Topliss-reactive ketones (excluding diaryl/α,β-unsaturated/α-hetero) is 1. The third-order valence-corrected chi connectivity index (χ3v) is 7.88. The molecule has 0 bridgehead atoms. The van der Waals surface area contributed by atoms with Crippen LogP contribution in [0.4, 0.5) is 5.13 Å². The normalized spacial score (nSPS) is 20.5. The second-order valence-electron chi connectivity index (χ2n) is 7.52. The number of halogens is 1. The van der Waals surface area contributed by atoms with Crippen LogP contribution in [-0.4, -0.2) is 49.6 Å². The second kappa shape index (κ2) is 9.54. The first-order valence-electron chi connectivity index (χ1n) is 9.95. The molecule has 0 aliphatic carbocycles. The number of rotatable bonds is 8. The van der Waals surface area contributed by atoms with E-state index in [1.807, 2.05) is 30.3 Å². The van der Waals surface area contributed by atoms with Gasteiger partial charge in [0.25, 0.3) is 0 Å². The van der Waals surface area contributed by atoms with E-state index < -0.39 is 29.6 Å². The van der Waals surface area contributed by atoms with Crippen molar-refractivity contribution in [3.8, 4) is 0 Å². The van der Waals surface area contributed by atoms with Gasteiger partial charge in [-0.15, -0.1) is 11.8 Å². The molecule has 33 heavy (non-hydrogen) atoms. The van der Waals surface area contributed by atoms with Gasteiger partial charge in [0.05, 0.1) is 5.92 Å². The van der Waals surface area contributed by atoms with Crippen LogP contribution in [0.5, 0.6) is 0 Å². The number of hydrogen-bond acceptors (Lipinski definition) is 9. The van der Waals surface area contributed by atoms with E-state index in [9.17, 15) is 24.7 Å². The molecule has 1 fully saturated rings. The molecule has 1 saturated heterocycles. The second-order valence-corrected chi connectivity index (χ2v) is 10.2. The first-order valence-corrected chi connectivity index (χ1v) is 12.1. The summed E-state index contributed by atoms with van der Waals surface area (Å²) in [7, 11) is 0. The molecule has 1 aromatic heterocycles. The fraction of sp³-hybridized carbons (Fsp3) is 0.286. The SMILES string of the molecule is Nc1nc(/C(=N/O)C(=O)CC2C(=O)N3C(C(=O)O)=C(SCc4ccccc4)CCC23)c(Cl)s1. The van der Waals surface area contributed by atoms with Crippen LogP contribution in [0.2, 0.25) is 4.34 Å². The van der Waals surface area contributed by atoms with Gasteiger partial charge in [-0.05, 0) is 18.4 Å². The van der Waals surface area contributed by atoms with E-state index in [0.29, 0.717) is 23.5 Å². The number of β-lactam (4-membered cyclic amide) rings is 1. The van der Waals surface area contributed by atoms with Crippen molar-refractivity contribution in [1.29, 1.82) is 0 Å². The largest absolute Gasteiger partial charge is 0.477 e. The number of carbonyl (C=O) groups excluding carboxylic acids is 2. The lowest BCUT2D eigenvalue weighted by atomic mass is 9.77. The summed E-state index contributed by atoms with van der Waals surface area (Å²) in [5.41, 5.74) is 6.21. The van der Waals surface area contributed by atoms with Crippen LogP contribution in [0.1, 0.15) is 30.5 Å². The Morgan fingerprint density at radius 2 is 2.06 bits per heavy atom. The minimum absolute atomic E-state index is 0.0211. The Morgan fingerprint density at radius 1 is 1.33 bits per heavy atom. The Hall–Kier alpha value is -2.89. The van der Waals surface area contributed by atoms with Crippen LogP contribution in [-0.2, 0) is 20.1 Å². The number of hydrogen-bond donors (Lipinski definition) is 3. The maximum absolute atomic E-state index is 12.9. The van der Waals surface area contributed by atoms with Gasteiger partial charge < -0.3 is 20.9 Å². The highest BCUT2D eigenvalue weighted by Gasteiger charge is 2.53. The van der Waals surface area contributed by atoms with E-state index in [1.165, 1.54) is 16.7 Å². The lowest BCUT2D eigenvalue weighted by Gasteiger charge is -2.50. The summed E-state index contributed by atoms with van der Waals surface area (Å²) in [6.45, 7) is 0. The number of aromatic nitrogens is 1. The molecule has 2 aliphatic rings. The number of allylic oxidation sites excluding steroid dienone is 1. The van der Waals surface area contributed by atoms with Crippen LogP contribution in [0.3, 0.4) is 0 Å². The first kappa shape index (κ1) is 23.3. The van der Waals surface area contributed by atoms with Gasteiger partial charge in [0.15, 0.2) is 16.6 Å². The summed E-state index contributed by atoms with van der Waals surface area (Å²) in [6, 6.07) is 9.24. The monoisotopic (exact) mass is 506 g/mol. The van der Waals surface area contributed by atoms with Gasteiger partial charge in [-0.25, -0.2) is 9.78 Å². The van der Waals surface area contributed by atoms with Crippen molar-refractivity contribution in [3.63, 3.8) is 0 Å². The number of thioether (sulfide) groups is 1. The number of amides is 1. The van der Waals surface area contributed by atoms with Gasteiger partial charge in [0, 0.05) is 23.1 Å². The zero-order valence-corrected chi connectivity index (χ0v) is 19.5. The number of thiazole rings is 1. The molecule has 12 heteroatoms. The highest BCUT2D eigenvalue weighted by atomic mass is 35.5. The maximum atomic E-state index is 12.9. The smallest absolute Gasteiger partial charge is 0.353 e. The van der Waals surface area contributed by atoms with Crippen LogP contribution in [0.25, 0.3) is 0 Å². The number of anilines is 1. The number of nitrogens with zero attached hydrogens (tertiary/aromatic N) is 3. The fourth-order valence-electron chi connectivity index (χ4n) is 4.07. The summed E-state index contributed by atoms with van der Waals surface area (Å²) in [4.78, 5) is 43.5. The third kappa shape index (κ3) is 4.48. The molecule has 1 aromatic carbocycles. The zero-order chi connectivity index (χ0) is 23.7. The van der Waals surface area contributed by atoms with Gasteiger partial charge in [-0.3, -0.25) is 9.59 Å². The molecule has 172 valence electrons. The van der Waals surface area contributed by atoms with E-state index in [-0.39, 0.29) is 33.0 Å². The number of fused-ring (bicyclic) bond motifs is 1. The molecule has 2 atom stereocenters. The van der Waals surface area contributed by atoms with Gasteiger partial charge in [0.2, 0.25) is 5.91 Å².